The van der Waals surface area contributed by atoms with Gasteiger partial charge in [0.25, 0.3) is 0 Å². The van der Waals surface area contributed by atoms with Gasteiger partial charge in [-0.1, -0.05) is 113 Å². The highest BCUT2D eigenvalue weighted by molar-refractivity contribution is 6.10. The number of benzene rings is 9. The molecule has 0 radical (unpaired) electrons. The van der Waals surface area contributed by atoms with Crippen LogP contribution >= 0.6 is 0 Å². The van der Waals surface area contributed by atoms with Crippen molar-refractivity contribution in [3.63, 3.8) is 0 Å². The first-order valence-electron chi connectivity index (χ1n) is 25.2. The molecule has 6 nitrogen and oxygen atoms in total. The SMILES string of the molecule is CC1(C)c2cc(N(c3ccc(-c4nc5c([nH]4)C=CCC5)cc3)c3ccc(-c4nc5ccccc5[nH]4)cc3)ccc2-c2cc3c(cc21)-c1c(cc(N(c2ccccc2)c2ccccc2)c2ccccc12)C3(C)C. The first-order valence-corrected chi connectivity index (χ1v) is 25.2. The van der Waals surface area contributed by atoms with E-state index in [1.165, 1.54) is 61.0 Å². The quantitative estimate of drug-likeness (QED) is 0.159. The van der Waals surface area contributed by atoms with Crippen molar-refractivity contribution in [2.75, 3.05) is 9.80 Å². The molecule has 346 valence electrons. The van der Waals surface area contributed by atoms with Crippen molar-refractivity contribution in [1.29, 1.82) is 0 Å². The molecule has 3 aliphatic carbocycles. The lowest BCUT2D eigenvalue weighted by atomic mass is 9.79. The summed E-state index contributed by atoms with van der Waals surface area (Å²) in [5.41, 5.74) is 23.2. The zero-order chi connectivity index (χ0) is 48.3. The molecule has 6 heteroatoms. The number of anilines is 6. The van der Waals surface area contributed by atoms with Gasteiger partial charge in [0.1, 0.15) is 11.6 Å². The van der Waals surface area contributed by atoms with Crippen LogP contribution in [0.4, 0.5) is 34.1 Å². The molecule has 0 fully saturated rings. The minimum absolute atomic E-state index is 0.256. The number of allylic oxidation sites excluding steroid dienone is 1. The number of nitrogens with zero attached hydrogens (tertiary/aromatic N) is 4. The number of imidazole rings is 2. The van der Waals surface area contributed by atoms with Crippen molar-refractivity contribution in [2.24, 2.45) is 0 Å². The highest BCUT2D eigenvalue weighted by atomic mass is 15.1. The first kappa shape index (κ1) is 42.2. The van der Waals surface area contributed by atoms with Gasteiger partial charge in [-0.05, 0) is 184 Å². The van der Waals surface area contributed by atoms with Gasteiger partial charge in [0.05, 0.1) is 28.1 Å². The van der Waals surface area contributed by atoms with Crippen LogP contribution in [0.15, 0.2) is 200 Å². The number of aryl methyl sites for hydroxylation is 1. The van der Waals surface area contributed by atoms with Crippen LogP contribution in [-0.4, -0.2) is 19.9 Å². The fourth-order valence-electron chi connectivity index (χ4n) is 12.1. The van der Waals surface area contributed by atoms with E-state index in [1.54, 1.807) is 0 Å². The van der Waals surface area contributed by atoms with E-state index in [-0.39, 0.29) is 10.8 Å². The smallest absolute Gasteiger partial charge is 0.138 e. The van der Waals surface area contributed by atoms with Crippen LogP contribution in [0, 0.1) is 0 Å². The summed E-state index contributed by atoms with van der Waals surface area (Å²) in [7, 11) is 0. The Morgan fingerprint density at radius 1 is 0.444 bits per heavy atom. The van der Waals surface area contributed by atoms with Gasteiger partial charge in [-0.15, -0.1) is 0 Å². The molecule has 0 aliphatic heterocycles. The van der Waals surface area contributed by atoms with Crippen molar-refractivity contribution < 1.29 is 0 Å². The lowest BCUT2D eigenvalue weighted by Crippen LogP contribution is -2.18. The summed E-state index contributed by atoms with van der Waals surface area (Å²) in [6, 6.07) is 71.1. The molecular formula is C66H52N6. The fourth-order valence-corrected chi connectivity index (χ4v) is 12.1. The zero-order valence-electron chi connectivity index (χ0n) is 40.8. The Labute approximate surface area is 420 Å². The van der Waals surface area contributed by atoms with Crippen LogP contribution < -0.4 is 9.80 Å². The predicted octanol–water partition coefficient (Wildman–Crippen LogP) is 17.3. The number of hydrogen-bond donors (Lipinski definition) is 2. The molecule has 0 bridgehead atoms. The molecule has 2 heterocycles. The van der Waals surface area contributed by atoms with Gasteiger partial charge < -0.3 is 19.8 Å². The Morgan fingerprint density at radius 3 is 1.68 bits per heavy atom. The summed E-state index contributed by atoms with van der Waals surface area (Å²) in [6.45, 7) is 9.66. The lowest BCUT2D eigenvalue weighted by Gasteiger charge is -2.29. The van der Waals surface area contributed by atoms with Crippen LogP contribution in [0.3, 0.4) is 0 Å². The number of H-pyrrole nitrogens is 2. The van der Waals surface area contributed by atoms with Gasteiger partial charge in [-0.25, -0.2) is 9.97 Å². The van der Waals surface area contributed by atoms with E-state index >= 15 is 0 Å². The van der Waals surface area contributed by atoms with Crippen LogP contribution in [-0.2, 0) is 17.3 Å². The van der Waals surface area contributed by atoms with Gasteiger partial charge in [0.2, 0.25) is 0 Å². The predicted molar refractivity (Wildman–Crippen MR) is 298 cm³/mol. The third-order valence-corrected chi connectivity index (χ3v) is 15.8. The maximum atomic E-state index is 5.00. The first-order chi connectivity index (χ1) is 35.2. The largest absolute Gasteiger partial charge is 0.338 e. The van der Waals surface area contributed by atoms with Crippen LogP contribution in [0.1, 0.15) is 67.8 Å². The van der Waals surface area contributed by atoms with E-state index < -0.39 is 0 Å². The molecule has 0 saturated carbocycles. The van der Waals surface area contributed by atoms with Crippen molar-refractivity contribution >= 4 is 62.0 Å². The second-order valence-corrected chi connectivity index (χ2v) is 20.7. The van der Waals surface area contributed by atoms with E-state index in [1.807, 2.05) is 12.1 Å². The highest BCUT2D eigenvalue weighted by Gasteiger charge is 2.43. The summed E-state index contributed by atoms with van der Waals surface area (Å²) in [5.74, 6) is 1.77. The molecule has 0 saturated heterocycles. The number of rotatable bonds is 8. The van der Waals surface area contributed by atoms with Gasteiger partial charge >= 0.3 is 0 Å². The fraction of sp³-hybridized carbons (Fsp3) is 0.121. The van der Waals surface area contributed by atoms with E-state index in [0.717, 1.165) is 86.5 Å². The monoisotopic (exact) mass is 928 g/mol. The van der Waals surface area contributed by atoms with Crippen molar-refractivity contribution in [1.82, 2.24) is 19.9 Å². The van der Waals surface area contributed by atoms with Gasteiger partial charge in [0, 0.05) is 55.8 Å². The number of hydrogen-bond acceptors (Lipinski definition) is 4. The molecule has 11 aromatic rings. The summed E-state index contributed by atoms with van der Waals surface area (Å²) >= 11 is 0. The molecule has 3 aliphatic rings. The molecule has 0 unspecified atom stereocenters. The summed E-state index contributed by atoms with van der Waals surface area (Å²) < 4.78 is 0. The summed E-state index contributed by atoms with van der Waals surface area (Å²) in [4.78, 5) is 21.8. The summed E-state index contributed by atoms with van der Waals surface area (Å²) in [6.07, 6.45) is 6.37. The Morgan fingerprint density at radius 2 is 1.00 bits per heavy atom. The average molecular weight is 929 g/mol. The standard InChI is InChI=1S/C66H52N6/c1-65(2)53-37-47(71(45-31-27-41(28-32-45)63-67-57-23-13-14-24-58(57)68-63)46-33-29-42(30-34-46)64-69-59-25-15-16-26-60(59)70-64)35-36-48(53)51-38-55-52(39-54(51)65)62-50-22-12-11-21-49(50)61(40-56(62)66(55,3)4)72(43-17-7-5-8-18-43)44-19-9-6-10-20-44/h5-15,17-25,27-40H,16,26H2,1-4H3,(H,67,68)(H,69,70). The minimum Gasteiger partial charge on any atom is -0.338 e. The second kappa shape index (κ2) is 15.9. The molecule has 9 aromatic carbocycles. The lowest BCUT2D eigenvalue weighted by molar-refractivity contribution is 0.652. The number of aromatic nitrogens is 4. The van der Waals surface area contributed by atoms with Gasteiger partial charge in [0.15, 0.2) is 0 Å². The highest BCUT2D eigenvalue weighted by Crippen LogP contribution is 2.59. The molecule has 0 amide bonds. The number of para-hydroxylation sites is 4. The third-order valence-electron chi connectivity index (χ3n) is 15.8. The second-order valence-electron chi connectivity index (χ2n) is 20.7. The molecule has 72 heavy (non-hydrogen) atoms. The molecule has 2 N–H and O–H groups in total. The maximum Gasteiger partial charge on any atom is 0.138 e. The van der Waals surface area contributed by atoms with Crippen molar-refractivity contribution in [2.45, 2.75) is 51.4 Å². The van der Waals surface area contributed by atoms with Crippen molar-refractivity contribution in [3.05, 3.63) is 234 Å². The topological polar surface area (TPSA) is 63.8 Å². The molecule has 0 spiro atoms. The Kier molecular flexibility index (Phi) is 9.31. The van der Waals surface area contributed by atoms with Gasteiger partial charge in [-0.3, -0.25) is 0 Å². The number of nitrogens with one attached hydrogen (secondary N) is 2. The average Bonchev–Trinajstić information content (AvgIpc) is 4.16. The third kappa shape index (κ3) is 6.48. The van der Waals surface area contributed by atoms with E-state index in [2.05, 4.69) is 242 Å². The molecule has 0 atom stereocenters. The zero-order valence-corrected chi connectivity index (χ0v) is 40.8. The normalized spacial score (nSPS) is 14.4. The van der Waals surface area contributed by atoms with E-state index in [0.29, 0.717) is 0 Å². The van der Waals surface area contributed by atoms with Crippen LogP contribution in [0.5, 0.6) is 0 Å². The van der Waals surface area contributed by atoms with Gasteiger partial charge in [-0.2, -0.15) is 0 Å². The Bertz CT molecular complexity index is 3900. The van der Waals surface area contributed by atoms with E-state index in [9.17, 15) is 0 Å². The van der Waals surface area contributed by atoms with Crippen LogP contribution in [0.25, 0.3) is 72.9 Å². The van der Waals surface area contributed by atoms with E-state index in [4.69, 9.17) is 9.97 Å². The Hall–Kier alpha value is -8.74. The number of aromatic amines is 2. The molecule has 2 aromatic heterocycles. The Balaban J connectivity index is 0.878. The van der Waals surface area contributed by atoms with Crippen LogP contribution in [0.2, 0.25) is 0 Å². The molecule has 14 rings (SSSR count). The number of fused-ring (bicyclic) bond motifs is 10. The maximum absolute atomic E-state index is 5.00. The summed E-state index contributed by atoms with van der Waals surface area (Å²) in [5, 5.41) is 2.51. The van der Waals surface area contributed by atoms with Crippen molar-refractivity contribution in [3.8, 4) is 45.0 Å². The minimum atomic E-state index is -0.275. The molecular weight excluding hydrogens is 877 g/mol.